The van der Waals surface area contributed by atoms with Crippen molar-refractivity contribution in [1.29, 1.82) is 0 Å². The number of hydrogen-bond donors (Lipinski definition) is 2. The van der Waals surface area contributed by atoms with Crippen LogP contribution in [0.25, 0.3) is 39.2 Å². The van der Waals surface area contributed by atoms with Gasteiger partial charge in [-0.15, -0.1) is 5.10 Å². The summed E-state index contributed by atoms with van der Waals surface area (Å²) in [6, 6.07) is 12.4. The van der Waals surface area contributed by atoms with Gasteiger partial charge in [-0.05, 0) is 37.1 Å². The SMILES string of the molecule is COc1nc(-c2cccc(-c3ccnc(-c4cc5c(OC)nc(CO)nn5c4)c3Cl)c2Cl)ccc1CN(C(=O)O)C1CCN(C(C)=O)CC1. The van der Waals surface area contributed by atoms with Crippen molar-refractivity contribution >= 4 is 40.7 Å². The van der Waals surface area contributed by atoms with E-state index < -0.39 is 6.09 Å². The van der Waals surface area contributed by atoms with Gasteiger partial charge in [-0.25, -0.2) is 14.3 Å². The van der Waals surface area contributed by atoms with Gasteiger partial charge in [0, 0.05) is 66.3 Å². The maximum atomic E-state index is 12.3. The zero-order valence-corrected chi connectivity index (χ0v) is 28.4. The highest BCUT2D eigenvalue weighted by molar-refractivity contribution is 6.39. The van der Waals surface area contributed by atoms with Crippen molar-refractivity contribution in [1.82, 2.24) is 34.4 Å². The number of aliphatic hydroxyl groups is 1. The Morgan fingerprint density at radius 3 is 2.37 bits per heavy atom. The lowest BCUT2D eigenvalue weighted by Gasteiger charge is -2.37. The minimum absolute atomic E-state index is 0.0136. The van der Waals surface area contributed by atoms with Crippen LogP contribution >= 0.6 is 23.2 Å². The summed E-state index contributed by atoms with van der Waals surface area (Å²) in [5, 5.41) is 24.7. The second kappa shape index (κ2) is 14.2. The molecule has 1 aliphatic heterocycles. The lowest BCUT2D eigenvalue weighted by molar-refractivity contribution is -0.130. The lowest BCUT2D eigenvalue weighted by Crippen LogP contribution is -2.47. The van der Waals surface area contributed by atoms with Crippen LogP contribution in [0.4, 0.5) is 4.79 Å². The molecule has 0 aliphatic carbocycles. The van der Waals surface area contributed by atoms with E-state index in [1.165, 1.54) is 26.0 Å². The molecule has 0 spiro atoms. The topological polar surface area (TPSA) is 156 Å². The smallest absolute Gasteiger partial charge is 0.407 e. The van der Waals surface area contributed by atoms with Crippen LogP contribution in [0, 0.1) is 0 Å². The molecule has 1 saturated heterocycles. The van der Waals surface area contributed by atoms with E-state index >= 15 is 0 Å². The molecule has 1 aliphatic rings. The third-order valence-corrected chi connectivity index (χ3v) is 9.39. The molecule has 0 bridgehead atoms. The van der Waals surface area contributed by atoms with E-state index in [0.29, 0.717) is 86.6 Å². The normalized spacial score (nSPS) is 13.5. The maximum Gasteiger partial charge on any atom is 0.407 e. The fourth-order valence-corrected chi connectivity index (χ4v) is 6.75. The molecular formula is C34H33Cl2N7O6. The Balaban J connectivity index is 1.31. The summed E-state index contributed by atoms with van der Waals surface area (Å²) >= 11 is 14.0. The number of methoxy groups -OCH3 is 2. The summed E-state index contributed by atoms with van der Waals surface area (Å²) in [6.07, 6.45) is 3.42. The van der Waals surface area contributed by atoms with Crippen LogP contribution in [0.2, 0.25) is 10.0 Å². The van der Waals surface area contributed by atoms with Crippen LogP contribution in [0.3, 0.4) is 0 Å². The fourth-order valence-electron chi connectivity index (χ4n) is 6.10. The van der Waals surface area contributed by atoms with Crippen molar-refractivity contribution in [3.8, 4) is 45.4 Å². The summed E-state index contributed by atoms with van der Waals surface area (Å²) in [7, 11) is 2.97. The third kappa shape index (κ3) is 6.69. The number of nitrogens with zero attached hydrogens (tertiary/aromatic N) is 7. The number of hydrogen-bond acceptors (Lipinski definition) is 9. The molecule has 5 aromatic rings. The van der Waals surface area contributed by atoms with E-state index in [1.807, 2.05) is 18.2 Å². The number of amides is 2. The third-order valence-electron chi connectivity index (χ3n) is 8.60. The van der Waals surface area contributed by atoms with Crippen molar-refractivity contribution in [2.45, 2.75) is 39.0 Å². The van der Waals surface area contributed by atoms with Crippen LogP contribution in [-0.4, -0.2) is 89.9 Å². The van der Waals surface area contributed by atoms with E-state index in [-0.39, 0.29) is 36.8 Å². The maximum absolute atomic E-state index is 12.3. The number of aliphatic hydroxyl groups excluding tert-OH is 1. The number of benzene rings is 1. The molecule has 13 nitrogen and oxygen atoms in total. The largest absolute Gasteiger partial charge is 0.481 e. The Morgan fingerprint density at radius 1 is 0.980 bits per heavy atom. The number of carbonyl (C=O) groups excluding carboxylic acids is 1. The first kappa shape index (κ1) is 33.9. The Morgan fingerprint density at radius 2 is 1.69 bits per heavy atom. The van der Waals surface area contributed by atoms with E-state index in [0.717, 1.165) is 0 Å². The predicted molar refractivity (Wildman–Crippen MR) is 183 cm³/mol. The van der Waals surface area contributed by atoms with Crippen LogP contribution in [0.15, 0.2) is 54.9 Å². The minimum Gasteiger partial charge on any atom is -0.481 e. The van der Waals surface area contributed by atoms with E-state index in [4.69, 9.17) is 37.7 Å². The van der Waals surface area contributed by atoms with Gasteiger partial charge < -0.3 is 29.5 Å². The van der Waals surface area contributed by atoms with Gasteiger partial charge in [0.1, 0.15) is 12.1 Å². The molecule has 15 heteroatoms. The van der Waals surface area contributed by atoms with Gasteiger partial charge in [0.25, 0.3) is 0 Å². The standard InChI is InChI=1S/C34H33Cl2N7O6/c1-19(45)41-13-10-22(11-14-41)42(34(46)47)16-20-7-8-26(38-32(20)48-2)25-6-4-5-23(29(25)35)24-9-12-37-31(30(24)36)21-15-27-33(49-3)39-28(18-44)40-43(27)17-21/h4-9,12,15,17,22,44H,10-11,13-14,16,18H2,1-3H3,(H,46,47). The first-order valence-electron chi connectivity index (χ1n) is 15.4. The average Bonchev–Trinajstić information content (AvgIpc) is 3.54. The van der Waals surface area contributed by atoms with E-state index in [9.17, 15) is 19.8 Å². The van der Waals surface area contributed by atoms with Gasteiger partial charge in [0.05, 0.1) is 42.2 Å². The number of ether oxygens (including phenoxy) is 2. The molecule has 5 heterocycles. The van der Waals surface area contributed by atoms with Gasteiger partial charge in [-0.2, -0.15) is 4.98 Å². The van der Waals surface area contributed by atoms with Gasteiger partial charge in [0.15, 0.2) is 5.82 Å². The summed E-state index contributed by atoms with van der Waals surface area (Å²) in [5.41, 5.74) is 4.75. The number of rotatable bonds is 9. The molecule has 2 amide bonds. The lowest BCUT2D eigenvalue weighted by atomic mass is 10.00. The number of piperidine rings is 1. The molecule has 0 radical (unpaired) electrons. The second-order valence-electron chi connectivity index (χ2n) is 11.5. The van der Waals surface area contributed by atoms with E-state index in [1.54, 1.807) is 46.1 Å². The Hall–Kier alpha value is -4.98. The summed E-state index contributed by atoms with van der Waals surface area (Å²) in [5.74, 6) is 0.763. The number of carboxylic acid groups (broad SMARTS) is 1. The van der Waals surface area contributed by atoms with Crippen LogP contribution in [0.1, 0.15) is 31.2 Å². The van der Waals surface area contributed by atoms with Crippen molar-refractivity contribution in [2.24, 2.45) is 0 Å². The van der Waals surface area contributed by atoms with Crippen molar-refractivity contribution in [3.05, 3.63) is 76.3 Å². The zero-order chi connectivity index (χ0) is 34.8. The average molecular weight is 707 g/mol. The minimum atomic E-state index is -1.05. The number of halogens is 2. The molecule has 254 valence electrons. The van der Waals surface area contributed by atoms with Crippen LogP contribution in [-0.2, 0) is 17.9 Å². The quantitative estimate of drug-likeness (QED) is 0.191. The first-order valence-corrected chi connectivity index (χ1v) is 16.2. The molecular weight excluding hydrogens is 673 g/mol. The van der Waals surface area contributed by atoms with Gasteiger partial charge in [-0.1, -0.05) is 41.4 Å². The summed E-state index contributed by atoms with van der Waals surface area (Å²) in [4.78, 5) is 40.6. The van der Waals surface area contributed by atoms with Crippen LogP contribution < -0.4 is 9.47 Å². The Kier molecular flexibility index (Phi) is 9.86. The van der Waals surface area contributed by atoms with E-state index in [2.05, 4.69) is 15.1 Å². The molecule has 0 atom stereocenters. The number of likely N-dealkylation sites (tertiary alicyclic amines) is 1. The van der Waals surface area contributed by atoms with Gasteiger partial charge in [-0.3, -0.25) is 9.78 Å². The van der Waals surface area contributed by atoms with Crippen molar-refractivity contribution < 1.29 is 29.3 Å². The zero-order valence-electron chi connectivity index (χ0n) is 26.9. The molecule has 4 aromatic heterocycles. The highest BCUT2D eigenvalue weighted by atomic mass is 35.5. The highest BCUT2D eigenvalue weighted by Gasteiger charge is 2.30. The number of aromatic nitrogens is 5. The predicted octanol–water partition coefficient (Wildman–Crippen LogP) is 5.83. The molecule has 6 rings (SSSR count). The summed E-state index contributed by atoms with van der Waals surface area (Å²) < 4.78 is 12.6. The first-order chi connectivity index (χ1) is 23.6. The second-order valence-corrected chi connectivity index (χ2v) is 12.2. The highest BCUT2D eigenvalue weighted by Crippen LogP contribution is 2.42. The molecule has 1 fully saturated rings. The summed E-state index contributed by atoms with van der Waals surface area (Å²) in [6.45, 7) is 2.26. The van der Waals surface area contributed by atoms with Gasteiger partial charge >= 0.3 is 6.09 Å². The fraction of sp³-hybridized carbons (Fsp3) is 0.294. The number of pyridine rings is 2. The molecule has 0 unspecified atom stereocenters. The number of fused-ring (bicyclic) bond motifs is 1. The molecule has 0 saturated carbocycles. The van der Waals surface area contributed by atoms with Crippen LogP contribution in [0.5, 0.6) is 11.8 Å². The molecule has 1 aromatic carbocycles. The van der Waals surface area contributed by atoms with Crippen molar-refractivity contribution in [2.75, 3.05) is 27.3 Å². The Bertz CT molecular complexity index is 2050. The van der Waals surface area contributed by atoms with Gasteiger partial charge in [0.2, 0.25) is 17.7 Å². The number of carbonyl (C=O) groups is 2. The van der Waals surface area contributed by atoms with Crippen molar-refractivity contribution in [3.63, 3.8) is 0 Å². The molecule has 2 N–H and O–H groups in total. The monoisotopic (exact) mass is 705 g/mol. The molecule has 49 heavy (non-hydrogen) atoms. The Labute approximate surface area is 291 Å².